The zero-order chi connectivity index (χ0) is 28.1. The summed E-state index contributed by atoms with van der Waals surface area (Å²) in [6, 6.07) is 0. The Balaban J connectivity index is 1.96. The van der Waals surface area contributed by atoms with E-state index in [2.05, 4.69) is 29.0 Å². The van der Waals surface area contributed by atoms with E-state index in [0.717, 1.165) is 17.7 Å². The molecule has 0 radical (unpaired) electrons. The number of nitrogens with two attached hydrogens (primary N) is 2. The maximum absolute atomic E-state index is 14.6. The van der Waals surface area contributed by atoms with Crippen molar-refractivity contribution in [2.75, 3.05) is 5.73 Å². The van der Waals surface area contributed by atoms with Crippen molar-refractivity contribution in [3.63, 3.8) is 0 Å². The Morgan fingerprint density at radius 1 is 1.30 bits per heavy atom. The summed E-state index contributed by atoms with van der Waals surface area (Å²) in [5, 5.41) is 12.2. The normalized spacial score (nSPS) is 28.3. The molecule has 2 aromatic rings. The van der Waals surface area contributed by atoms with Gasteiger partial charge in [0.2, 0.25) is 5.95 Å². The minimum Gasteiger partial charge on any atom is -0.387 e. The Morgan fingerprint density at radius 2 is 1.92 bits per heavy atom. The largest absolute Gasteiger partial charge is 0.490 e. The average molecular weight is 612 g/mol. The number of ether oxygens (including phenoxy) is 1. The second-order valence-electron chi connectivity index (χ2n) is 7.49. The fraction of sp³-hybridized carbons (Fsp3) is 0.429. The number of nitrogens with one attached hydrogen (secondary N) is 1. The number of halogens is 2. The maximum atomic E-state index is 14.6. The number of phosphoric acid groups is 3. The van der Waals surface area contributed by atoms with Crippen molar-refractivity contribution in [1.82, 2.24) is 14.5 Å². The van der Waals surface area contributed by atoms with E-state index in [9.17, 15) is 37.8 Å². The summed E-state index contributed by atoms with van der Waals surface area (Å²) in [7, 11) is -17.1. The predicted octanol–water partition coefficient (Wildman–Crippen LogP) is -0.667. The van der Waals surface area contributed by atoms with E-state index in [-0.39, 0.29) is 5.65 Å². The number of hydrogen-bond donors (Lipinski definition) is 8. The molecular weight excluding hydrogens is 594 g/mol. The summed E-state index contributed by atoms with van der Waals surface area (Å²) in [4.78, 5) is 54.4. The Hall–Kier alpha value is -1.71. The highest BCUT2D eigenvalue weighted by molar-refractivity contribution is 7.66. The van der Waals surface area contributed by atoms with Crippen LogP contribution in [0.1, 0.15) is 13.2 Å². The molecule has 18 nitrogen and oxygen atoms in total. The molecule has 0 spiro atoms. The number of anilines is 1. The van der Waals surface area contributed by atoms with E-state index in [0.29, 0.717) is 0 Å². The van der Waals surface area contributed by atoms with Crippen molar-refractivity contribution in [2.24, 2.45) is 5.73 Å². The van der Waals surface area contributed by atoms with Crippen molar-refractivity contribution in [1.29, 1.82) is 0 Å². The maximum Gasteiger partial charge on any atom is 0.490 e. The highest BCUT2D eigenvalue weighted by Crippen LogP contribution is 2.66. The van der Waals surface area contributed by atoms with Gasteiger partial charge in [0.25, 0.3) is 5.56 Å². The molecule has 1 fully saturated rings. The Kier molecular flexibility index (Phi) is 8.16. The van der Waals surface area contributed by atoms with Crippen LogP contribution in [-0.2, 0) is 31.6 Å². The average Bonchev–Trinajstić information content (AvgIpc) is 3.13. The quantitative estimate of drug-likeness (QED) is 0.136. The number of H-pyrrole nitrogens is 1. The number of aliphatic hydroxyl groups excluding tert-OH is 1. The van der Waals surface area contributed by atoms with E-state index in [1.54, 1.807) is 0 Å². The summed E-state index contributed by atoms with van der Waals surface area (Å²) in [6.07, 6.45) is -6.37. The standard InChI is InChI=1S/C14H18ClFN5O13P3/c1-5(32-36(27,28)34-37(29,30)33-35(24,25)26)8-9(22)14(18,2-3-15)12(31-8)21-4-6(16)7-10(21)19-13(17)20-11(7)23/h4-5,8-9,12,22H,18H2,1H3,(H,27,28)(H,29,30)(H2,24,25,26)(H3,17,19,20,23)/t5-,8-,9+,12-,14?/m1/s1. The second kappa shape index (κ2) is 10.1. The fourth-order valence-corrected chi connectivity index (χ4v) is 6.87. The molecule has 0 amide bonds. The Labute approximate surface area is 209 Å². The van der Waals surface area contributed by atoms with Gasteiger partial charge in [-0.3, -0.25) is 18.9 Å². The Morgan fingerprint density at radius 3 is 2.49 bits per heavy atom. The van der Waals surface area contributed by atoms with Crippen LogP contribution in [0.4, 0.5) is 10.3 Å². The number of aromatic amines is 1. The van der Waals surface area contributed by atoms with Gasteiger partial charge in [0.05, 0.1) is 6.10 Å². The Bertz CT molecular complexity index is 1480. The third kappa shape index (κ3) is 6.31. The molecule has 10 N–H and O–H groups in total. The van der Waals surface area contributed by atoms with Crippen LogP contribution in [0.3, 0.4) is 0 Å². The van der Waals surface area contributed by atoms with Crippen molar-refractivity contribution in [3.8, 4) is 11.3 Å². The number of nitrogens with zero attached hydrogens (tertiary/aromatic N) is 2. The topological polar surface area (TPSA) is 292 Å². The predicted molar refractivity (Wildman–Crippen MR) is 120 cm³/mol. The van der Waals surface area contributed by atoms with Gasteiger partial charge in [-0.2, -0.15) is 13.6 Å². The van der Waals surface area contributed by atoms with E-state index in [4.69, 9.17) is 37.6 Å². The van der Waals surface area contributed by atoms with Crippen LogP contribution in [-0.4, -0.2) is 63.1 Å². The summed E-state index contributed by atoms with van der Waals surface area (Å²) >= 11 is 5.47. The smallest absolute Gasteiger partial charge is 0.387 e. The molecule has 0 saturated carbocycles. The number of phosphoric ester groups is 1. The molecule has 23 heteroatoms. The summed E-state index contributed by atoms with van der Waals surface area (Å²) in [5.74, 6) is 0.747. The first kappa shape index (κ1) is 29.8. The van der Waals surface area contributed by atoms with Gasteiger partial charge in [0.15, 0.2) is 23.2 Å². The molecule has 1 saturated heterocycles. The molecule has 2 aromatic heterocycles. The van der Waals surface area contributed by atoms with Gasteiger partial charge in [0, 0.05) is 11.6 Å². The molecule has 3 unspecified atom stereocenters. The lowest BCUT2D eigenvalue weighted by molar-refractivity contribution is -0.0732. The zero-order valence-electron chi connectivity index (χ0n) is 18.0. The van der Waals surface area contributed by atoms with Crippen molar-refractivity contribution in [3.05, 3.63) is 22.4 Å². The molecule has 1 aliphatic rings. The van der Waals surface area contributed by atoms with Crippen LogP contribution in [0.5, 0.6) is 0 Å². The molecule has 1 aliphatic heterocycles. The van der Waals surface area contributed by atoms with E-state index < -0.39 is 76.3 Å². The van der Waals surface area contributed by atoms with E-state index in [1.807, 2.05) is 5.38 Å². The van der Waals surface area contributed by atoms with Crippen LogP contribution in [0.2, 0.25) is 0 Å². The van der Waals surface area contributed by atoms with Crippen LogP contribution in [0.25, 0.3) is 11.0 Å². The summed E-state index contributed by atoms with van der Waals surface area (Å²) in [5.41, 5.74) is 8.16. The fourth-order valence-electron chi connectivity index (χ4n) is 3.51. The van der Waals surface area contributed by atoms with Gasteiger partial charge in [-0.15, -0.1) is 0 Å². The molecule has 0 aliphatic carbocycles. The summed E-state index contributed by atoms with van der Waals surface area (Å²) < 4.78 is 67.5. The minimum atomic E-state index is -5.84. The lowest BCUT2D eigenvalue weighted by atomic mass is 9.90. The first-order valence-corrected chi connectivity index (χ1v) is 14.3. The number of aromatic nitrogens is 3. The van der Waals surface area contributed by atoms with Crippen LogP contribution < -0.4 is 17.0 Å². The van der Waals surface area contributed by atoms with Gasteiger partial charge < -0.3 is 40.9 Å². The first-order chi connectivity index (χ1) is 16.8. The van der Waals surface area contributed by atoms with E-state index >= 15 is 0 Å². The highest BCUT2D eigenvalue weighted by atomic mass is 35.5. The molecule has 206 valence electrons. The number of hydrogen-bond acceptors (Lipinski definition) is 12. The molecule has 3 heterocycles. The van der Waals surface area contributed by atoms with Crippen LogP contribution >= 0.6 is 35.1 Å². The minimum absolute atomic E-state index is 0.386. The molecule has 0 bridgehead atoms. The number of aliphatic hydroxyl groups is 1. The van der Waals surface area contributed by atoms with Gasteiger partial charge >= 0.3 is 23.5 Å². The zero-order valence-corrected chi connectivity index (χ0v) is 21.5. The van der Waals surface area contributed by atoms with Crippen molar-refractivity contribution < 1.29 is 60.6 Å². The molecular formula is C14H18ClFN5O13P3. The monoisotopic (exact) mass is 611 g/mol. The van der Waals surface area contributed by atoms with Gasteiger partial charge in [-0.05, 0) is 18.5 Å². The van der Waals surface area contributed by atoms with Gasteiger partial charge in [-0.25, -0.2) is 18.1 Å². The third-order valence-electron chi connectivity index (χ3n) is 4.84. The van der Waals surface area contributed by atoms with Crippen molar-refractivity contribution >= 4 is 52.1 Å². The van der Waals surface area contributed by atoms with Gasteiger partial charge in [0.1, 0.15) is 17.6 Å². The molecule has 3 rings (SSSR count). The molecule has 0 aromatic carbocycles. The lowest BCUT2D eigenvalue weighted by Gasteiger charge is -2.28. The van der Waals surface area contributed by atoms with Crippen molar-refractivity contribution in [2.45, 2.75) is 37.0 Å². The number of nitrogen functional groups attached to an aromatic ring is 1. The first-order valence-electron chi connectivity index (χ1n) is 9.43. The summed E-state index contributed by atoms with van der Waals surface area (Å²) in [6.45, 7) is 0.998. The number of rotatable bonds is 8. The SMILES string of the molecule is C[C@@H](OP(=O)(O)OP(=O)(O)OP(=O)(O)O)[C@H]1O[C@@H](n2cc(F)c3c(=O)[nH]c(N)nc32)C(N)(C#CCl)[C@H]1O. The van der Waals surface area contributed by atoms with Crippen LogP contribution in [0, 0.1) is 17.1 Å². The van der Waals surface area contributed by atoms with Gasteiger partial charge in [-0.1, -0.05) is 5.92 Å². The number of fused-ring (bicyclic) bond motifs is 1. The molecule has 7 atom stereocenters. The lowest BCUT2D eigenvalue weighted by Crippen LogP contribution is -2.54. The third-order valence-corrected chi connectivity index (χ3v) is 8.86. The van der Waals surface area contributed by atoms with Crippen LogP contribution in [0.15, 0.2) is 11.0 Å². The second-order valence-corrected chi connectivity index (χ2v) is 12.0. The van der Waals surface area contributed by atoms with E-state index in [1.165, 1.54) is 0 Å². The highest BCUT2D eigenvalue weighted by Gasteiger charge is 2.57. The molecule has 37 heavy (non-hydrogen) atoms.